The van der Waals surface area contributed by atoms with Crippen LogP contribution in [0.4, 0.5) is 0 Å². The number of carbonyl (C=O) groups excluding carboxylic acids is 1. The van der Waals surface area contributed by atoms with Crippen molar-refractivity contribution in [3.63, 3.8) is 0 Å². The standard InChI is InChI=1S/C16H26N2OS/c1-2-12(8-9-17)6-7-16(19)18-11-14-10-13-4-3-5-15(13)20-14/h10,12H,2-9,11,17H2,1H3,(H,18,19). The molecular formula is C16H26N2OS. The number of amides is 1. The molecule has 0 saturated heterocycles. The summed E-state index contributed by atoms with van der Waals surface area (Å²) < 4.78 is 0. The van der Waals surface area contributed by atoms with Gasteiger partial charge in [0.15, 0.2) is 0 Å². The highest BCUT2D eigenvalue weighted by Crippen LogP contribution is 2.30. The molecule has 1 aromatic heterocycles. The molecule has 1 heterocycles. The average Bonchev–Trinajstić information content (AvgIpc) is 3.02. The van der Waals surface area contributed by atoms with Gasteiger partial charge in [0.1, 0.15) is 0 Å². The minimum Gasteiger partial charge on any atom is -0.351 e. The van der Waals surface area contributed by atoms with Gasteiger partial charge >= 0.3 is 0 Å². The molecule has 1 aliphatic carbocycles. The third-order valence-corrected chi connectivity index (χ3v) is 5.43. The molecule has 0 radical (unpaired) electrons. The Bertz CT molecular complexity index is 420. The Kier molecular flexibility index (Phi) is 6.05. The maximum atomic E-state index is 11.9. The summed E-state index contributed by atoms with van der Waals surface area (Å²) in [6, 6.07) is 2.27. The number of nitrogens with one attached hydrogen (secondary N) is 1. The zero-order chi connectivity index (χ0) is 14.4. The van der Waals surface area contributed by atoms with E-state index in [1.165, 1.54) is 34.6 Å². The zero-order valence-corrected chi connectivity index (χ0v) is 13.2. The van der Waals surface area contributed by atoms with Crippen LogP contribution in [0.15, 0.2) is 6.07 Å². The summed E-state index contributed by atoms with van der Waals surface area (Å²) in [5, 5.41) is 3.05. The molecule has 0 aliphatic heterocycles. The van der Waals surface area contributed by atoms with Gasteiger partial charge in [-0.25, -0.2) is 0 Å². The van der Waals surface area contributed by atoms with E-state index in [0.29, 0.717) is 18.9 Å². The Balaban J connectivity index is 1.69. The highest BCUT2D eigenvalue weighted by molar-refractivity contribution is 7.12. The Morgan fingerprint density at radius 2 is 2.30 bits per heavy atom. The van der Waals surface area contributed by atoms with E-state index < -0.39 is 0 Å². The molecule has 0 aromatic carbocycles. The largest absolute Gasteiger partial charge is 0.351 e. The Morgan fingerprint density at radius 1 is 1.45 bits per heavy atom. The van der Waals surface area contributed by atoms with Gasteiger partial charge in [0.25, 0.3) is 0 Å². The van der Waals surface area contributed by atoms with E-state index in [4.69, 9.17) is 5.73 Å². The number of hydrogen-bond acceptors (Lipinski definition) is 3. The summed E-state index contributed by atoms with van der Waals surface area (Å²) in [6.45, 7) is 3.59. The molecule has 1 unspecified atom stereocenters. The van der Waals surface area contributed by atoms with Crippen molar-refractivity contribution in [2.75, 3.05) is 6.54 Å². The first-order valence-corrected chi connectivity index (χ1v) is 8.61. The van der Waals surface area contributed by atoms with Crippen molar-refractivity contribution in [2.45, 2.75) is 58.4 Å². The fraction of sp³-hybridized carbons (Fsp3) is 0.688. The van der Waals surface area contributed by atoms with Crippen LogP contribution in [0.25, 0.3) is 0 Å². The number of carbonyl (C=O) groups is 1. The summed E-state index contributed by atoms with van der Waals surface area (Å²) in [4.78, 5) is 14.7. The Hall–Kier alpha value is -0.870. The SMILES string of the molecule is CCC(CCN)CCC(=O)NCc1cc2c(s1)CCC2. The van der Waals surface area contributed by atoms with Gasteiger partial charge in [-0.2, -0.15) is 0 Å². The minimum absolute atomic E-state index is 0.175. The fourth-order valence-electron chi connectivity index (χ4n) is 2.88. The second-order valence-corrected chi connectivity index (χ2v) is 6.90. The van der Waals surface area contributed by atoms with Crippen LogP contribution in [0.3, 0.4) is 0 Å². The highest BCUT2D eigenvalue weighted by Gasteiger charge is 2.15. The van der Waals surface area contributed by atoms with Crippen molar-refractivity contribution in [2.24, 2.45) is 11.7 Å². The Morgan fingerprint density at radius 3 is 3.00 bits per heavy atom. The molecule has 2 rings (SSSR count). The molecule has 4 heteroatoms. The van der Waals surface area contributed by atoms with Crippen LogP contribution >= 0.6 is 11.3 Å². The summed E-state index contributed by atoms with van der Waals surface area (Å²) in [6.07, 6.45) is 7.48. The quantitative estimate of drug-likeness (QED) is 0.774. The molecule has 3 N–H and O–H groups in total. The van der Waals surface area contributed by atoms with E-state index in [9.17, 15) is 4.79 Å². The predicted molar refractivity (Wildman–Crippen MR) is 84.9 cm³/mol. The van der Waals surface area contributed by atoms with Crippen molar-refractivity contribution in [3.8, 4) is 0 Å². The van der Waals surface area contributed by atoms with E-state index in [1.54, 1.807) is 0 Å². The third kappa shape index (κ3) is 4.32. The van der Waals surface area contributed by atoms with Crippen LogP contribution in [0, 0.1) is 5.92 Å². The molecule has 0 spiro atoms. The lowest BCUT2D eigenvalue weighted by Gasteiger charge is -2.12. The van der Waals surface area contributed by atoms with E-state index in [1.807, 2.05) is 11.3 Å². The smallest absolute Gasteiger partial charge is 0.220 e. The normalized spacial score (nSPS) is 15.1. The maximum Gasteiger partial charge on any atom is 0.220 e. The summed E-state index contributed by atoms with van der Waals surface area (Å²) >= 11 is 1.87. The zero-order valence-electron chi connectivity index (χ0n) is 12.4. The van der Waals surface area contributed by atoms with Crippen molar-refractivity contribution in [1.82, 2.24) is 5.32 Å². The van der Waals surface area contributed by atoms with Crippen molar-refractivity contribution >= 4 is 17.2 Å². The lowest BCUT2D eigenvalue weighted by Crippen LogP contribution is -2.23. The third-order valence-electron chi connectivity index (χ3n) is 4.19. The van der Waals surface area contributed by atoms with E-state index in [0.717, 1.165) is 25.8 Å². The first-order valence-electron chi connectivity index (χ1n) is 7.80. The number of hydrogen-bond donors (Lipinski definition) is 2. The van der Waals surface area contributed by atoms with Crippen LogP contribution in [-0.4, -0.2) is 12.5 Å². The molecule has 1 amide bonds. The van der Waals surface area contributed by atoms with Crippen LogP contribution in [0.1, 0.15) is 54.3 Å². The van der Waals surface area contributed by atoms with Gasteiger partial charge in [0.2, 0.25) is 5.91 Å². The van der Waals surface area contributed by atoms with Crippen LogP contribution in [-0.2, 0) is 24.2 Å². The number of rotatable bonds is 8. The number of nitrogens with two attached hydrogens (primary N) is 1. The minimum atomic E-state index is 0.175. The van der Waals surface area contributed by atoms with E-state index >= 15 is 0 Å². The predicted octanol–water partition coefficient (Wildman–Crippen LogP) is 3.01. The monoisotopic (exact) mass is 294 g/mol. The van der Waals surface area contributed by atoms with Gasteiger partial charge < -0.3 is 11.1 Å². The van der Waals surface area contributed by atoms with Crippen LogP contribution < -0.4 is 11.1 Å². The first kappa shape index (κ1) is 15.5. The molecule has 1 aromatic rings. The van der Waals surface area contributed by atoms with Gasteiger partial charge in [-0.3, -0.25) is 4.79 Å². The molecule has 1 aliphatic rings. The Labute approximate surface area is 125 Å². The molecule has 0 saturated carbocycles. The van der Waals surface area contributed by atoms with Crippen LogP contribution in [0.2, 0.25) is 0 Å². The summed E-state index contributed by atoms with van der Waals surface area (Å²) in [5.74, 6) is 0.769. The molecular weight excluding hydrogens is 268 g/mol. The van der Waals surface area contributed by atoms with Gasteiger partial charge in [-0.15, -0.1) is 11.3 Å². The summed E-state index contributed by atoms with van der Waals surface area (Å²) in [7, 11) is 0. The van der Waals surface area contributed by atoms with Gasteiger partial charge in [0, 0.05) is 16.2 Å². The van der Waals surface area contributed by atoms with Crippen LogP contribution in [0.5, 0.6) is 0 Å². The number of fused-ring (bicyclic) bond motifs is 1. The van der Waals surface area contributed by atoms with Crippen molar-refractivity contribution < 1.29 is 4.79 Å². The average molecular weight is 294 g/mol. The topological polar surface area (TPSA) is 55.1 Å². The van der Waals surface area contributed by atoms with E-state index in [2.05, 4.69) is 18.3 Å². The molecule has 112 valence electrons. The first-order chi connectivity index (χ1) is 9.72. The number of thiophene rings is 1. The second kappa shape index (κ2) is 7.79. The fourth-order valence-corrected chi connectivity index (χ4v) is 4.08. The second-order valence-electron chi connectivity index (χ2n) is 5.68. The molecule has 1 atom stereocenters. The summed E-state index contributed by atoms with van der Waals surface area (Å²) in [5.41, 5.74) is 7.09. The lowest BCUT2D eigenvalue weighted by atomic mass is 9.96. The number of aryl methyl sites for hydroxylation is 2. The maximum absolute atomic E-state index is 11.9. The lowest BCUT2D eigenvalue weighted by molar-refractivity contribution is -0.121. The molecule has 3 nitrogen and oxygen atoms in total. The molecule has 0 bridgehead atoms. The highest BCUT2D eigenvalue weighted by atomic mass is 32.1. The van der Waals surface area contributed by atoms with Gasteiger partial charge in [-0.1, -0.05) is 13.3 Å². The van der Waals surface area contributed by atoms with Crippen molar-refractivity contribution in [3.05, 3.63) is 21.4 Å². The van der Waals surface area contributed by atoms with E-state index in [-0.39, 0.29) is 5.91 Å². The molecule has 0 fully saturated rings. The van der Waals surface area contributed by atoms with Gasteiger partial charge in [0.05, 0.1) is 6.54 Å². The molecule has 20 heavy (non-hydrogen) atoms. The van der Waals surface area contributed by atoms with Crippen molar-refractivity contribution in [1.29, 1.82) is 0 Å². The van der Waals surface area contributed by atoms with Gasteiger partial charge in [-0.05, 0) is 56.2 Å².